The number of rotatable bonds is 5. The number of hydrogen-bond donors (Lipinski definition) is 1. The molecule has 2 aromatic heterocycles. The van der Waals surface area contributed by atoms with Crippen molar-refractivity contribution in [2.45, 2.75) is 30.0 Å². The van der Waals surface area contributed by atoms with E-state index in [1.165, 1.54) is 7.11 Å². The van der Waals surface area contributed by atoms with E-state index < -0.39 is 16.1 Å². The predicted molar refractivity (Wildman–Crippen MR) is 94.5 cm³/mol. The van der Waals surface area contributed by atoms with E-state index >= 15 is 0 Å². The van der Waals surface area contributed by atoms with Crippen LogP contribution in [-0.2, 0) is 21.9 Å². The number of hydrogen-bond acceptors (Lipinski definition) is 6. The summed E-state index contributed by atoms with van der Waals surface area (Å²) < 4.78 is 34.6. The van der Waals surface area contributed by atoms with E-state index in [9.17, 15) is 13.2 Å². The molecule has 8 nitrogen and oxygen atoms in total. The minimum absolute atomic E-state index is 0.0799. The molecule has 0 aliphatic carbocycles. The van der Waals surface area contributed by atoms with Crippen molar-refractivity contribution in [1.82, 2.24) is 14.5 Å². The Morgan fingerprint density at radius 1 is 1.44 bits per heavy atom. The molecule has 0 spiro atoms. The van der Waals surface area contributed by atoms with Gasteiger partial charge in [-0.15, -0.1) is 11.3 Å². The quantitative estimate of drug-likeness (QED) is 0.838. The van der Waals surface area contributed by atoms with Crippen LogP contribution in [0, 0.1) is 6.92 Å². The number of carbonyl (C=O) groups is 1. The first kappa shape index (κ1) is 17.9. The van der Waals surface area contributed by atoms with Gasteiger partial charge in [0.05, 0.1) is 12.8 Å². The Kier molecular flexibility index (Phi) is 4.85. The summed E-state index contributed by atoms with van der Waals surface area (Å²) in [5.74, 6) is 0.674. The first-order chi connectivity index (χ1) is 11.8. The van der Waals surface area contributed by atoms with Gasteiger partial charge in [0.25, 0.3) is 10.0 Å². The number of methoxy groups -OCH3 is 1. The summed E-state index contributed by atoms with van der Waals surface area (Å²) >= 11 is 1.06. The maximum Gasteiger partial charge on any atom is 0.254 e. The lowest BCUT2D eigenvalue weighted by atomic mass is 10.1. The highest BCUT2D eigenvalue weighted by atomic mass is 32.2. The average Bonchev–Trinajstić information content (AvgIpc) is 3.16. The number of sulfonamides is 1. The Bertz CT molecular complexity index is 887. The van der Waals surface area contributed by atoms with Crippen LogP contribution in [0.3, 0.4) is 0 Å². The molecule has 0 aromatic carbocycles. The first-order valence-electron chi connectivity index (χ1n) is 7.79. The van der Waals surface area contributed by atoms with Gasteiger partial charge in [0, 0.05) is 19.7 Å². The second kappa shape index (κ2) is 6.77. The Morgan fingerprint density at radius 2 is 2.20 bits per heavy atom. The molecule has 136 valence electrons. The number of ether oxygens (including phenoxy) is 1. The molecule has 10 heteroatoms. The molecular formula is C15H20N4O4S2. The molecular weight excluding hydrogens is 364 g/mol. The van der Waals surface area contributed by atoms with Crippen LogP contribution >= 0.6 is 11.3 Å². The number of aromatic nitrogens is 2. The molecule has 1 aliphatic heterocycles. The summed E-state index contributed by atoms with van der Waals surface area (Å²) in [7, 11) is -0.649. The van der Waals surface area contributed by atoms with Gasteiger partial charge in [0.2, 0.25) is 5.91 Å². The minimum atomic E-state index is -3.83. The molecule has 25 heavy (non-hydrogen) atoms. The second-order valence-electron chi connectivity index (χ2n) is 5.85. The molecule has 1 atom stereocenters. The van der Waals surface area contributed by atoms with Crippen molar-refractivity contribution < 1.29 is 17.9 Å². The van der Waals surface area contributed by atoms with Crippen molar-refractivity contribution in [3.05, 3.63) is 23.2 Å². The van der Waals surface area contributed by atoms with Crippen molar-refractivity contribution in [2.75, 3.05) is 18.6 Å². The Hall–Kier alpha value is -1.91. The van der Waals surface area contributed by atoms with Crippen LogP contribution in [0.5, 0.6) is 5.75 Å². The van der Waals surface area contributed by atoms with E-state index in [1.54, 1.807) is 28.1 Å². The van der Waals surface area contributed by atoms with Gasteiger partial charge in [-0.2, -0.15) is 9.82 Å². The van der Waals surface area contributed by atoms with Crippen molar-refractivity contribution in [3.63, 3.8) is 0 Å². The molecule has 3 heterocycles. The zero-order valence-electron chi connectivity index (χ0n) is 14.2. The number of aryl methyl sites for hydroxylation is 2. The number of nitrogens with zero attached hydrogens (tertiary/aromatic N) is 3. The summed E-state index contributed by atoms with van der Waals surface area (Å²) in [6.45, 7) is 2.39. The number of anilines is 1. The Labute approximate surface area is 150 Å². The third-order valence-corrected chi connectivity index (χ3v) is 6.97. The third-order valence-electron chi connectivity index (χ3n) is 4.05. The maximum absolute atomic E-state index is 12.8. The molecule has 2 aromatic rings. The van der Waals surface area contributed by atoms with Crippen molar-refractivity contribution in [3.8, 4) is 5.75 Å². The summed E-state index contributed by atoms with van der Waals surface area (Å²) in [5, 5.41) is 5.89. The second-order valence-corrected chi connectivity index (χ2v) is 8.68. The molecule has 1 amide bonds. The van der Waals surface area contributed by atoms with E-state index in [4.69, 9.17) is 4.74 Å². The fraction of sp³-hybridized carbons (Fsp3) is 0.467. The summed E-state index contributed by atoms with van der Waals surface area (Å²) in [6.07, 6.45) is 1.16. The highest BCUT2D eigenvalue weighted by Gasteiger charge is 2.35. The Balaban J connectivity index is 1.83. The van der Waals surface area contributed by atoms with E-state index in [-0.39, 0.29) is 15.9 Å². The lowest BCUT2D eigenvalue weighted by Crippen LogP contribution is -2.52. The summed E-state index contributed by atoms with van der Waals surface area (Å²) in [5.41, 5.74) is 0.802. The van der Waals surface area contributed by atoms with Crippen LogP contribution < -0.4 is 14.4 Å². The predicted octanol–water partition coefficient (Wildman–Crippen LogP) is 1.27. The minimum Gasteiger partial charge on any atom is -0.494 e. The number of amides is 1. The number of carbonyl (C=O) groups excluding carboxylic acids is 1. The molecule has 3 rings (SSSR count). The monoisotopic (exact) mass is 384 g/mol. The van der Waals surface area contributed by atoms with Gasteiger partial charge >= 0.3 is 0 Å². The molecule has 1 aliphatic rings. The van der Waals surface area contributed by atoms with E-state index in [0.717, 1.165) is 17.0 Å². The Morgan fingerprint density at radius 3 is 2.84 bits per heavy atom. The lowest BCUT2D eigenvalue weighted by Gasteiger charge is -2.32. The SMILES string of the molecule is COc1ccsc1S(=O)(=O)N[C@H]1CCCN(c2cc(C)nn2C)C1=O. The van der Waals surface area contributed by atoms with Crippen LogP contribution in [0.4, 0.5) is 5.82 Å². The van der Waals surface area contributed by atoms with Crippen molar-refractivity contribution >= 4 is 33.1 Å². The molecule has 0 saturated carbocycles. The smallest absolute Gasteiger partial charge is 0.254 e. The molecule has 0 radical (unpaired) electrons. The molecule has 1 saturated heterocycles. The highest BCUT2D eigenvalue weighted by molar-refractivity contribution is 7.91. The molecule has 0 bridgehead atoms. The number of nitrogens with one attached hydrogen (secondary N) is 1. The zero-order chi connectivity index (χ0) is 18.2. The normalized spacial score (nSPS) is 18.6. The van der Waals surface area contributed by atoms with Gasteiger partial charge in [-0.05, 0) is 31.2 Å². The van der Waals surface area contributed by atoms with E-state index in [0.29, 0.717) is 25.2 Å². The fourth-order valence-electron chi connectivity index (χ4n) is 2.93. The van der Waals surface area contributed by atoms with Gasteiger partial charge < -0.3 is 4.74 Å². The van der Waals surface area contributed by atoms with Gasteiger partial charge in [-0.3, -0.25) is 14.4 Å². The number of thiophene rings is 1. The standard InChI is InChI=1S/C15H20N4O4S2/c1-10-9-13(18(2)16-10)19-7-4-5-11(14(19)20)17-25(21,22)15-12(23-3)6-8-24-15/h6,8-9,11,17H,4-5,7H2,1-3H3/t11-/m0/s1. The lowest BCUT2D eigenvalue weighted by molar-refractivity contribution is -0.121. The highest BCUT2D eigenvalue weighted by Crippen LogP contribution is 2.30. The summed E-state index contributed by atoms with van der Waals surface area (Å²) in [6, 6.07) is 2.60. The van der Waals surface area contributed by atoms with Crippen molar-refractivity contribution in [1.29, 1.82) is 0 Å². The summed E-state index contributed by atoms with van der Waals surface area (Å²) in [4.78, 5) is 14.4. The van der Waals surface area contributed by atoms with E-state index in [2.05, 4.69) is 9.82 Å². The molecule has 1 N–H and O–H groups in total. The topological polar surface area (TPSA) is 93.5 Å². The van der Waals surface area contributed by atoms with Crippen molar-refractivity contribution in [2.24, 2.45) is 7.05 Å². The van der Waals surface area contributed by atoms with Crippen LogP contribution in [-0.4, -0.2) is 43.8 Å². The fourth-order valence-corrected chi connectivity index (χ4v) is 5.45. The molecule has 1 fully saturated rings. The van der Waals surface area contributed by atoms with Gasteiger partial charge in [0.1, 0.15) is 17.6 Å². The largest absolute Gasteiger partial charge is 0.494 e. The van der Waals surface area contributed by atoms with Gasteiger partial charge in [-0.25, -0.2) is 8.42 Å². The van der Waals surface area contributed by atoms with Crippen LogP contribution in [0.1, 0.15) is 18.5 Å². The number of piperidine rings is 1. The van der Waals surface area contributed by atoms with Gasteiger partial charge in [0.15, 0.2) is 4.21 Å². The molecule has 0 unspecified atom stereocenters. The zero-order valence-corrected chi connectivity index (χ0v) is 15.9. The maximum atomic E-state index is 12.8. The van der Waals surface area contributed by atoms with Crippen LogP contribution in [0.15, 0.2) is 21.7 Å². The average molecular weight is 384 g/mol. The van der Waals surface area contributed by atoms with Crippen LogP contribution in [0.2, 0.25) is 0 Å². The first-order valence-corrected chi connectivity index (χ1v) is 10.2. The van der Waals surface area contributed by atoms with E-state index in [1.807, 2.05) is 13.0 Å². The third kappa shape index (κ3) is 3.42. The van der Waals surface area contributed by atoms with Gasteiger partial charge in [-0.1, -0.05) is 0 Å². The van der Waals surface area contributed by atoms with Crippen LogP contribution in [0.25, 0.3) is 0 Å².